The zero-order valence-corrected chi connectivity index (χ0v) is 39.4. The molecule has 6 rings (SSSR count). The van der Waals surface area contributed by atoms with Crippen LogP contribution in [0.2, 0.25) is 0 Å². The van der Waals surface area contributed by atoms with E-state index in [2.05, 4.69) is 124 Å². The van der Waals surface area contributed by atoms with Crippen LogP contribution in [0.5, 0.6) is 11.5 Å². The molecule has 0 aliphatic heterocycles. The first-order valence-corrected chi connectivity index (χ1v) is 21.7. The van der Waals surface area contributed by atoms with E-state index in [0.717, 1.165) is 65.2 Å². The Morgan fingerprint density at radius 1 is 0.358 bits per heavy atom. The molecule has 272 valence electrons. The summed E-state index contributed by atoms with van der Waals surface area (Å²) in [5, 5.41) is 0. The lowest BCUT2D eigenvalue weighted by molar-refractivity contribution is -0.276. The fourth-order valence-corrected chi connectivity index (χ4v) is 12.0. The predicted molar refractivity (Wildman–Crippen MR) is 247 cm³/mol. The highest BCUT2D eigenvalue weighted by atomic mass is 127. The maximum absolute atomic E-state index is 12.7. The van der Waals surface area contributed by atoms with E-state index in [9.17, 15) is 26.3 Å². The van der Waals surface area contributed by atoms with Crippen LogP contribution in [-0.4, -0.2) is 12.7 Å². The molecular formula is C39H20F6I6O2. The molecule has 0 saturated carbocycles. The minimum Gasteiger partial charge on any atom is -0.405 e. The normalized spacial score (nSPS) is 11.8. The van der Waals surface area contributed by atoms with E-state index in [4.69, 9.17) is 0 Å². The van der Waals surface area contributed by atoms with Crippen LogP contribution in [0.3, 0.4) is 0 Å². The molecule has 0 aromatic heterocycles. The lowest BCUT2D eigenvalue weighted by Crippen LogP contribution is -2.17. The van der Waals surface area contributed by atoms with Crippen molar-refractivity contribution in [3.8, 4) is 56.0 Å². The van der Waals surface area contributed by atoms with E-state index in [1.54, 1.807) is 24.3 Å². The minimum atomic E-state index is -4.74. The molecule has 0 fully saturated rings. The van der Waals surface area contributed by atoms with E-state index in [0.29, 0.717) is 7.14 Å². The van der Waals surface area contributed by atoms with Crippen molar-refractivity contribution in [2.75, 3.05) is 0 Å². The number of hydrogen-bond donors (Lipinski definition) is 0. The average Bonchev–Trinajstić information content (AvgIpc) is 3.05. The first-order valence-electron chi connectivity index (χ1n) is 15.2. The number of ether oxygens (including phenoxy) is 2. The molecule has 6 aromatic carbocycles. The van der Waals surface area contributed by atoms with Crippen LogP contribution in [0.4, 0.5) is 26.3 Å². The Morgan fingerprint density at radius 3 is 0.925 bits per heavy atom. The van der Waals surface area contributed by atoms with Gasteiger partial charge in [-0.1, -0.05) is 60.7 Å². The third kappa shape index (κ3) is 10.6. The lowest BCUT2D eigenvalue weighted by Gasteiger charge is -2.15. The summed E-state index contributed by atoms with van der Waals surface area (Å²) in [5.74, 6) is -0.447. The zero-order valence-electron chi connectivity index (χ0n) is 26.5. The van der Waals surface area contributed by atoms with Crippen molar-refractivity contribution in [3.05, 3.63) is 142 Å². The molecule has 0 bridgehead atoms. The van der Waals surface area contributed by atoms with E-state index in [-0.39, 0.29) is 11.5 Å². The number of halogens is 12. The van der Waals surface area contributed by atoms with Gasteiger partial charge >= 0.3 is 12.7 Å². The Bertz CT molecular complexity index is 2100. The van der Waals surface area contributed by atoms with Gasteiger partial charge in [-0.2, -0.15) is 0 Å². The second kappa shape index (κ2) is 17.2. The molecule has 53 heavy (non-hydrogen) atoms. The van der Waals surface area contributed by atoms with Crippen molar-refractivity contribution < 1.29 is 35.8 Å². The Balaban J connectivity index is 1.17. The van der Waals surface area contributed by atoms with Crippen molar-refractivity contribution in [1.29, 1.82) is 0 Å². The maximum atomic E-state index is 12.7. The summed E-state index contributed by atoms with van der Waals surface area (Å²) in [6.07, 6.45) is -8.74. The topological polar surface area (TPSA) is 18.5 Å². The smallest absolute Gasteiger partial charge is 0.405 e. The van der Waals surface area contributed by atoms with Gasteiger partial charge in [0.05, 0.1) is 7.14 Å². The third-order valence-corrected chi connectivity index (χ3v) is 13.0. The molecule has 0 saturated heterocycles. The molecule has 0 amide bonds. The molecule has 0 radical (unpaired) electrons. The molecule has 0 aliphatic rings. The van der Waals surface area contributed by atoms with Gasteiger partial charge < -0.3 is 9.47 Å². The van der Waals surface area contributed by atoms with Crippen LogP contribution in [0.15, 0.2) is 109 Å². The Labute approximate surface area is 383 Å². The number of rotatable bonds is 8. The van der Waals surface area contributed by atoms with Crippen molar-refractivity contribution in [3.63, 3.8) is 0 Å². The molecule has 0 atom stereocenters. The summed E-state index contributed by atoms with van der Waals surface area (Å²) < 4.78 is 89.6. The number of alkyl halides is 6. The van der Waals surface area contributed by atoms with Crippen LogP contribution in [0, 0.1) is 21.4 Å². The SMILES string of the molecule is FC(F)(F)Oc1ccc(-c2ccc(-c3c(I)cc(Cc4cc(I)c(-c5ccc(-c6ccc(OC(F)(F)F)c(I)c6)cc5)c(I)c4)cc3I)cc2)cc1I. The van der Waals surface area contributed by atoms with Crippen LogP contribution < -0.4 is 9.47 Å². The van der Waals surface area contributed by atoms with Crippen LogP contribution in [0.25, 0.3) is 44.5 Å². The summed E-state index contributed by atoms with van der Waals surface area (Å²) in [7, 11) is 0. The van der Waals surface area contributed by atoms with Gasteiger partial charge in [0.2, 0.25) is 0 Å². The monoisotopic (exact) mass is 1400 g/mol. The van der Waals surface area contributed by atoms with Gasteiger partial charge in [0.1, 0.15) is 11.5 Å². The van der Waals surface area contributed by atoms with E-state index in [1.165, 1.54) is 23.3 Å². The van der Waals surface area contributed by atoms with Gasteiger partial charge in [-0.15, -0.1) is 26.3 Å². The van der Waals surface area contributed by atoms with E-state index < -0.39 is 12.7 Å². The largest absolute Gasteiger partial charge is 0.573 e. The fourth-order valence-electron chi connectivity index (χ4n) is 5.68. The van der Waals surface area contributed by atoms with Crippen LogP contribution >= 0.6 is 136 Å². The van der Waals surface area contributed by atoms with Gasteiger partial charge in [0.25, 0.3) is 0 Å². The molecule has 0 heterocycles. The highest BCUT2D eigenvalue weighted by Gasteiger charge is 2.33. The van der Waals surface area contributed by atoms with Crippen molar-refractivity contribution in [1.82, 2.24) is 0 Å². The predicted octanol–water partition coefficient (Wildman–Crippen LogP) is 15.4. The Hall–Kier alpha value is -1.12. The molecule has 6 aromatic rings. The third-order valence-electron chi connectivity index (χ3n) is 7.94. The van der Waals surface area contributed by atoms with Gasteiger partial charge in [0, 0.05) is 25.4 Å². The standard InChI is InChI=1S/C39H20F6I6O2/c40-38(41,42)52-34-11-9-26(18-28(34)46)22-1-5-24(6-2-22)36-30(48)14-20(15-31(36)49)13-21-16-32(50)37(33(51)17-21)25-7-3-23(4-8-25)27-10-12-35(29(47)19-27)53-39(43,44)45/h1-12,14-19H,13H2. The molecule has 14 heteroatoms. The Kier molecular flexibility index (Phi) is 13.4. The summed E-state index contributed by atoms with van der Waals surface area (Å²) in [4.78, 5) is 0. The molecular weight excluding hydrogens is 1380 g/mol. The molecule has 0 N–H and O–H groups in total. The van der Waals surface area contributed by atoms with E-state index in [1.807, 2.05) is 93.7 Å². The summed E-state index contributed by atoms with van der Waals surface area (Å²) in [5.41, 5.74) is 10.1. The van der Waals surface area contributed by atoms with Crippen LogP contribution in [-0.2, 0) is 6.42 Å². The first kappa shape index (κ1) is 41.5. The molecule has 0 unspecified atom stereocenters. The van der Waals surface area contributed by atoms with Crippen LogP contribution in [0.1, 0.15) is 11.1 Å². The number of benzene rings is 6. The van der Waals surface area contributed by atoms with Gasteiger partial charge in [-0.3, -0.25) is 0 Å². The molecule has 2 nitrogen and oxygen atoms in total. The van der Waals surface area contributed by atoms with E-state index >= 15 is 0 Å². The number of hydrogen-bond acceptors (Lipinski definition) is 2. The van der Waals surface area contributed by atoms with Crippen molar-refractivity contribution in [2.24, 2.45) is 0 Å². The van der Waals surface area contributed by atoms with Crippen molar-refractivity contribution >= 4 is 136 Å². The second-order valence-corrected chi connectivity index (χ2v) is 18.6. The summed E-state index contributed by atoms with van der Waals surface area (Å²) in [6.45, 7) is 0. The minimum absolute atomic E-state index is 0.223. The highest BCUT2D eigenvalue weighted by Crippen LogP contribution is 2.38. The maximum Gasteiger partial charge on any atom is 0.573 e. The first-order chi connectivity index (χ1) is 24.9. The average molecular weight is 1400 g/mol. The van der Waals surface area contributed by atoms with Crippen molar-refractivity contribution in [2.45, 2.75) is 19.1 Å². The lowest BCUT2D eigenvalue weighted by atomic mass is 9.96. The zero-order chi connectivity index (χ0) is 38.2. The highest BCUT2D eigenvalue weighted by molar-refractivity contribution is 14.1. The summed E-state index contributed by atoms with van der Waals surface area (Å²) in [6, 6.07) is 34.1. The summed E-state index contributed by atoms with van der Waals surface area (Å²) >= 11 is 13.2. The van der Waals surface area contributed by atoms with Gasteiger partial charge in [0.15, 0.2) is 0 Å². The van der Waals surface area contributed by atoms with Gasteiger partial charge in [-0.25, -0.2) is 0 Å². The molecule has 0 spiro atoms. The fraction of sp³-hybridized carbons (Fsp3) is 0.0769. The molecule has 0 aliphatic carbocycles. The second-order valence-electron chi connectivity index (χ2n) is 11.6. The Morgan fingerprint density at radius 2 is 0.642 bits per heavy atom. The van der Waals surface area contributed by atoms with Gasteiger partial charge in [-0.05, 0) is 235 Å². The quantitative estimate of drug-likeness (QED) is 0.112.